The van der Waals surface area contributed by atoms with E-state index in [4.69, 9.17) is 11.6 Å². The van der Waals surface area contributed by atoms with Gasteiger partial charge in [0.2, 0.25) is 0 Å². The van der Waals surface area contributed by atoms with E-state index in [0.717, 1.165) is 61.1 Å². The van der Waals surface area contributed by atoms with Crippen molar-refractivity contribution in [2.24, 2.45) is 0 Å². The first-order valence-corrected chi connectivity index (χ1v) is 10.2. The van der Waals surface area contributed by atoms with Crippen LogP contribution in [0.25, 0.3) is 5.69 Å². The molecule has 0 saturated heterocycles. The normalized spacial score (nSPS) is 22.4. The minimum Gasteiger partial charge on any atom is -0.295 e. The maximum absolute atomic E-state index is 6.27. The van der Waals surface area contributed by atoms with Crippen molar-refractivity contribution in [1.29, 1.82) is 0 Å². The zero-order chi connectivity index (χ0) is 19.1. The highest BCUT2D eigenvalue weighted by Gasteiger charge is 2.30. The summed E-state index contributed by atoms with van der Waals surface area (Å²) in [5.41, 5.74) is 3.51. The first-order valence-electron chi connectivity index (χ1n) is 9.86. The maximum atomic E-state index is 6.27. The number of rotatable bonds is 2. The Kier molecular flexibility index (Phi) is 4.61. The third kappa shape index (κ3) is 3.20. The Hall–Kier alpha value is -2.31. The van der Waals surface area contributed by atoms with Crippen LogP contribution in [0.2, 0.25) is 5.02 Å². The fourth-order valence-corrected chi connectivity index (χ4v) is 4.81. The minimum atomic E-state index is 0.418. The second-order valence-corrected chi connectivity index (χ2v) is 8.37. The summed E-state index contributed by atoms with van der Waals surface area (Å²) in [5.74, 6) is 3.01. The van der Waals surface area contributed by atoms with Crippen molar-refractivity contribution in [2.75, 3.05) is 7.05 Å². The number of hydrogen-bond acceptors (Lipinski definition) is 5. The molecule has 0 amide bonds. The molecule has 6 nitrogen and oxygen atoms in total. The molecular formula is C21H23ClN6. The number of halogens is 1. The van der Waals surface area contributed by atoms with Crippen molar-refractivity contribution >= 4 is 11.6 Å². The van der Waals surface area contributed by atoms with Gasteiger partial charge < -0.3 is 0 Å². The fourth-order valence-electron chi connectivity index (χ4n) is 4.62. The highest BCUT2D eigenvalue weighted by Crippen LogP contribution is 2.40. The summed E-state index contributed by atoms with van der Waals surface area (Å²) in [7, 11) is 2.11. The minimum absolute atomic E-state index is 0.418. The van der Waals surface area contributed by atoms with E-state index in [1.165, 1.54) is 11.3 Å². The number of benzene rings is 1. The molecule has 1 aliphatic carbocycles. The van der Waals surface area contributed by atoms with Gasteiger partial charge in [-0.2, -0.15) is 0 Å². The van der Waals surface area contributed by atoms with Crippen LogP contribution in [0.5, 0.6) is 0 Å². The van der Waals surface area contributed by atoms with Crippen molar-refractivity contribution in [3.05, 3.63) is 64.7 Å². The third-order valence-corrected chi connectivity index (χ3v) is 6.22. The molecule has 3 aromatic rings. The number of hydrogen-bond donors (Lipinski definition) is 0. The smallest absolute Gasteiger partial charge is 0.151 e. The van der Waals surface area contributed by atoms with Crippen LogP contribution < -0.4 is 0 Å². The molecule has 144 valence electrons. The molecule has 0 bridgehead atoms. The highest BCUT2D eigenvalue weighted by atomic mass is 35.5. The van der Waals surface area contributed by atoms with Crippen LogP contribution in [0.4, 0.5) is 0 Å². The Morgan fingerprint density at radius 3 is 2.61 bits per heavy atom. The number of fused-ring (bicyclic) bond motifs is 3. The summed E-state index contributed by atoms with van der Waals surface area (Å²) in [6, 6.07) is 6.14. The van der Waals surface area contributed by atoms with Gasteiger partial charge in [0.25, 0.3) is 0 Å². The molecule has 5 rings (SSSR count). The van der Waals surface area contributed by atoms with E-state index in [-0.39, 0.29) is 0 Å². The molecular weight excluding hydrogens is 372 g/mol. The summed E-state index contributed by atoms with van der Waals surface area (Å²) < 4.78 is 2.28. The molecule has 0 spiro atoms. The van der Waals surface area contributed by atoms with Crippen molar-refractivity contribution in [3.8, 4) is 5.69 Å². The third-order valence-electron chi connectivity index (χ3n) is 5.98. The van der Waals surface area contributed by atoms with Gasteiger partial charge in [0, 0.05) is 42.0 Å². The maximum Gasteiger partial charge on any atom is 0.151 e. The molecule has 0 N–H and O–H groups in total. The molecule has 1 saturated carbocycles. The molecule has 0 atom stereocenters. The largest absolute Gasteiger partial charge is 0.295 e. The Balaban J connectivity index is 1.45. The molecule has 1 aliphatic heterocycles. The molecule has 28 heavy (non-hydrogen) atoms. The Morgan fingerprint density at radius 2 is 1.82 bits per heavy atom. The van der Waals surface area contributed by atoms with E-state index in [0.29, 0.717) is 11.8 Å². The fraction of sp³-hybridized carbons (Fsp3) is 0.429. The Morgan fingerprint density at radius 1 is 1.00 bits per heavy atom. The van der Waals surface area contributed by atoms with Crippen LogP contribution in [0, 0.1) is 0 Å². The van der Waals surface area contributed by atoms with Gasteiger partial charge in [0.1, 0.15) is 5.82 Å². The highest BCUT2D eigenvalue weighted by molar-refractivity contribution is 6.30. The topological polar surface area (TPSA) is 59.7 Å². The van der Waals surface area contributed by atoms with Gasteiger partial charge in [0.05, 0.1) is 17.9 Å². The van der Waals surface area contributed by atoms with Crippen molar-refractivity contribution in [2.45, 2.75) is 50.6 Å². The predicted molar refractivity (Wildman–Crippen MR) is 108 cm³/mol. The predicted octanol–water partition coefficient (Wildman–Crippen LogP) is 4.10. The Labute approximate surface area is 169 Å². The second kappa shape index (κ2) is 7.26. The van der Waals surface area contributed by atoms with Gasteiger partial charge in [-0.25, -0.2) is 0 Å². The molecule has 2 aromatic heterocycles. The van der Waals surface area contributed by atoms with Crippen molar-refractivity contribution < 1.29 is 0 Å². The standard InChI is InChI=1S/C21H23ClN6/c1-27-12-16-10-17(22)6-7-19(16)28-20(13-27)25-26-21(28)15-4-2-14(3-5-15)18-11-23-8-9-24-18/h6-11,14-15H,2-5,12-13H2,1H3/t14-,15-. The quantitative estimate of drug-likeness (QED) is 0.655. The lowest BCUT2D eigenvalue weighted by atomic mass is 9.80. The Bertz CT molecular complexity index is 978. The zero-order valence-electron chi connectivity index (χ0n) is 15.9. The van der Waals surface area contributed by atoms with Crippen LogP contribution in [0.1, 0.15) is 60.4 Å². The summed E-state index contributed by atoms with van der Waals surface area (Å²) in [5, 5.41) is 9.97. The molecule has 0 radical (unpaired) electrons. The average Bonchev–Trinajstić information content (AvgIpc) is 3.06. The monoisotopic (exact) mass is 394 g/mol. The molecule has 3 heterocycles. The number of aromatic nitrogens is 5. The average molecular weight is 395 g/mol. The van der Waals surface area contributed by atoms with Crippen molar-refractivity contribution in [1.82, 2.24) is 29.6 Å². The lowest BCUT2D eigenvalue weighted by molar-refractivity contribution is 0.315. The van der Waals surface area contributed by atoms with Crippen molar-refractivity contribution in [3.63, 3.8) is 0 Å². The van der Waals surface area contributed by atoms with E-state index < -0.39 is 0 Å². The summed E-state index contributed by atoms with van der Waals surface area (Å²) in [4.78, 5) is 11.0. The van der Waals surface area contributed by atoms with Crippen LogP contribution in [-0.2, 0) is 13.1 Å². The molecule has 0 unspecified atom stereocenters. The zero-order valence-corrected chi connectivity index (χ0v) is 16.7. The van der Waals surface area contributed by atoms with Crippen LogP contribution in [0.15, 0.2) is 36.8 Å². The van der Waals surface area contributed by atoms with Gasteiger partial charge in [-0.3, -0.25) is 19.4 Å². The van der Waals surface area contributed by atoms with Crippen LogP contribution in [0.3, 0.4) is 0 Å². The van der Waals surface area contributed by atoms with Gasteiger partial charge in [-0.1, -0.05) is 11.6 Å². The molecule has 7 heteroatoms. The lowest BCUT2D eigenvalue weighted by Crippen LogP contribution is -2.17. The second-order valence-electron chi connectivity index (χ2n) is 7.93. The van der Waals surface area contributed by atoms with Gasteiger partial charge in [-0.05, 0) is 56.5 Å². The summed E-state index contributed by atoms with van der Waals surface area (Å²) in [6.07, 6.45) is 9.84. The van der Waals surface area contributed by atoms with E-state index in [9.17, 15) is 0 Å². The van der Waals surface area contributed by atoms with Gasteiger partial charge >= 0.3 is 0 Å². The van der Waals surface area contributed by atoms with Crippen LogP contribution in [-0.4, -0.2) is 36.7 Å². The van der Waals surface area contributed by atoms with Crippen LogP contribution >= 0.6 is 11.6 Å². The first-order chi connectivity index (χ1) is 13.7. The number of nitrogens with zero attached hydrogens (tertiary/aromatic N) is 6. The van der Waals surface area contributed by atoms with Gasteiger partial charge in [0.15, 0.2) is 5.82 Å². The van der Waals surface area contributed by atoms with E-state index in [1.807, 2.05) is 12.3 Å². The lowest BCUT2D eigenvalue weighted by Gasteiger charge is -2.28. The molecule has 1 fully saturated rings. The van der Waals surface area contributed by atoms with E-state index in [1.54, 1.807) is 12.4 Å². The van der Waals surface area contributed by atoms with E-state index >= 15 is 0 Å². The molecule has 1 aromatic carbocycles. The molecule has 2 aliphatic rings. The summed E-state index contributed by atoms with van der Waals surface area (Å²) >= 11 is 6.27. The van der Waals surface area contributed by atoms with Gasteiger partial charge in [-0.15, -0.1) is 10.2 Å². The summed E-state index contributed by atoms with van der Waals surface area (Å²) in [6.45, 7) is 1.65. The van der Waals surface area contributed by atoms with E-state index in [2.05, 4.69) is 48.8 Å². The first kappa shape index (κ1) is 17.8. The SMILES string of the molecule is CN1Cc2cc(Cl)ccc2-n2c(nnc2[C@H]2CC[C@H](c3cnccn3)CC2)C1.